The molecule has 0 saturated heterocycles. The van der Waals surface area contributed by atoms with E-state index in [1.54, 1.807) is 0 Å². The second-order valence-electron chi connectivity index (χ2n) is 2.38. The Labute approximate surface area is 78.4 Å². The SMILES string of the molecule is C=Cc1ccc(C[Te]C)cc1. The first kappa shape index (κ1) is 8.84. The van der Waals surface area contributed by atoms with Gasteiger partial charge in [0.05, 0.1) is 0 Å². The van der Waals surface area contributed by atoms with Gasteiger partial charge in [-0.25, -0.2) is 0 Å². The summed E-state index contributed by atoms with van der Waals surface area (Å²) in [6.45, 7) is 3.71. The zero-order valence-electron chi connectivity index (χ0n) is 6.71. The van der Waals surface area contributed by atoms with Gasteiger partial charge in [-0.1, -0.05) is 0 Å². The van der Waals surface area contributed by atoms with Crippen LogP contribution in [0, 0.1) is 0 Å². The fourth-order valence-electron chi connectivity index (χ4n) is 0.917. The van der Waals surface area contributed by atoms with Crippen molar-refractivity contribution in [3.05, 3.63) is 42.0 Å². The molecule has 0 amide bonds. The van der Waals surface area contributed by atoms with E-state index in [1.165, 1.54) is 15.6 Å². The standard InChI is InChI=1S/C10H12Te/c1-3-9-4-6-10(7-5-9)8-11-2/h3-7H,1,8H2,2H3. The molecule has 1 heteroatoms. The number of hydrogen-bond acceptors (Lipinski definition) is 0. The fraction of sp³-hybridized carbons (Fsp3) is 0.200. The maximum atomic E-state index is 3.71. The van der Waals surface area contributed by atoms with Crippen molar-refractivity contribution in [3.8, 4) is 0 Å². The Morgan fingerprint density at radius 2 is 2.00 bits per heavy atom. The molecule has 0 aliphatic heterocycles. The van der Waals surface area contributed by atoms with Gasteiger partial charge in [0.15, 0.2) is 0 Å². The molecule has 0 radical (unpaired) electrons. The van der Waals surface area contributed by atoms with Gasteiger partial charge in [-0.2, -0.15) is 0 Å². The van der Waals surface area contributed by atoms with Gasteiger partial charge in [-0.05, 0) is 0 Å². The molecule has 0 spiro atoms. The molecule has 0 unspecified atom stereocenters. The Morgan fingerprint density at radius 1 is 1.36 bits per heavy atom. The number of rotatable bonds is 3. The fourth-order valence-corrected chi connectivity index (χ4v) is 2.42. The van der Waals surface area contributed by atoms with Crippen molar-refractivity contribution in [1.82, 2.24) is 0 Å². The summed E-state index contributed by atoms with van der Waals surface area (Å²) in [4.78, 5) is 2.33. The zero-order valence-corrected chi connectivity index (χ0v) is 9.04. The van der Waals surface area contributed by atoms with Crippen LogP contribution in [0.15, 0.2) is 30.8 Å². The summed E-state index contributed by atoms with van der Waals surface area (Å²) in [5.74, 6) is 0. The molecule has 58 valence electrons. The van der Waals surface area contributed by atoms with Crippen LogP contribution in [0.25, 0.3) is 6.08 Å². The van der Waals surface area contributed by atoms with Crippen molar-refractivity contribution in [3.63, 3.8) is 0 Å². The maximum absolute atomic E-state index is 3.71. The van der Waals surface area contributed by atoms with Crippen LogP contribution in [0.3, 0.4) is 0 Å². The van der Waals surface area contributed by atoms with Crippen LogP contribution in [0.2, 0.25) is 4.97 Å². The summed E-state index contributed by atoms with van der Waals surface area (Å²) in [7, 11) is 0. The third-order valence-electron chi connectivity index (χ3n) is 1.53. The monoisotopic (exact) mass is 262 g/mol. The van der Waals surface area contributed by atoms with Crippen LogP contribution in [0.4, 0.5) is 0 Å². The summed E-state index contributed by atoms with van der Waals surface area (Å²) >= 11 is 0.238. The van der Waals surface area contributed by atoms with Gasteiger partial charge in [0.2, 0.25) is 0 Å². The van der Waals surface area contributed by atoms with Crippen LogP contribution in [0.1, 0.15) is 11.1 Å². The van der Waals surface area contributed by atoms with Gasteiger partial charge in [-0.15, -0.1) is 0 Å². The summed E-state index contributed by atoms with van der Waals surface area (Å²) in [6.07, 6.45) is 1.88. The van der Waals surface area contributed by atoms with E-state index in [4.69, 9.17) is 0 Å². The minimum atomic E-state index is 0.238. The molecular weight excluding hydrogens is 248 g/mol. The molecule has 0 aliphatic rings. The van der Waals surface area contributed by atoms with Gasteiger partial charge in [-0.3, -0.25) is 0 Å². The third kappa shape index (κ3) is 2.69. The predicted molar refractivity (Wildman–Crippen MR) is 51.9 cm³/mol. The molecule has 0 fully saturated rings. The van der Waals surface area contributed by atoms with E-state index < -0.39 is 0 Å². The zero-order chi connectivity index (χ0) is 8.10. The average Bonchev–Trinajstić information content (AvgIpc) is 2.07. The van der Waals surface area contributed by atoms with E-state index in [1.807, 2.05) is 6.08 Å². The summed E-state index contributed by atoms with van der Waals surface area (Å²) in [6, 6.07) is 8.66. The van der Waals surface area contributed by atoms with E-state index in [9.17, 15) is 0 Å². The molecule has 0 saturated carbocycles. The molecule has 1 rings (SSSR count). The molecular formula is C10H12Te. The quantitative estimate of drug-likeness (QED) is 0.732. The minimum absolute atomic E-state index is 0.238. The molecule has 0 nitrogen and oxygen atoms in total. The van der Waals surface area contributed by atoms with E-state index in [0.717, 1.165) is 0 Å². The Balaban J connectivity index is 2.74. The van der Waals surface area contributed by atoms with Crippen molar-refractivity contribution in [2.24, 2.45) is 0 Å². The van der Waals surface area contributed by atoms with Crippen molar-refractivity contribution in [2.75, 3.05) is 0 Å². The van der Waals surface area contributed by atoms with Crippen molar-refractivity contribution >= 4 is 27.0 Å². The van der Waals surface area contributed by atoms with Crippen LogP contribution < -0.4 is 0 Å². The first-order chi connectivity index (χ1) is 5.36. The molecule has 0 atom stereocenters. The molecule has 0 aliphatic carbocycles. The van der Waals surface area contributed by atoms with Crippen molar-refractivity contribution in [2.45, 2.75) is 9.44 Å². The Kier molecular flexibility index (Phi) is 3.69. The molecule has 0 N–H and O–H groups in total. The van der Waals surface area contributed by atoms with Crippen LogP contribution in [0.5, 0.6) is 0 Å². The van der Waals surface area contributed by atoms with Crippen LogP contribution in [-0.2, 0) is 4.47 Å². The predicted octanol–water partition coefficient (Wildman–Crippen LogP) is 2.58. The molecule has 0 bridgehead atoms. The summed E-state index contributed by atoms with van der Waals surface area (Å²) in [5.41, 5.74) is 2.69. The van der Waals surface area contributed by atoms with Gasteiger partial charge in [0.25, 0.3) is 0 Å². The van der Waals surface area contributed by atoms with E-state index >= 15 is 0 Å². The van der Waals surface area contributed by atoms with Gasteiger partial charge in [0, 0.05) is 0 Å². The van der Waals surface area contributed by atoms with Gasteiger partial charge < -0.3 is 0 Å². The van der Waals surface area contributed by atoms with Crippen molar-refractivity contribution in [1.29, 1.82) is 0 Å². The Morgan fingerprint density at radius 3 is 2.45 bits per heavy atom. The first-order valence-corrected chi connectivity index (χ1v) is 7.55. The number of hydrogen-bond donors (Lipinski definition) is 0. The second-order valence-corrected chi connectivity index (χ2v) is 4.85. The third-order valence-corrected chi connectivity index (χ3v) is 3.30. The first-order valence-electron chi connectivity index (χ1n) is 3.57. The van der Waals surface area contributed by atoms with Gasteiger partial charge >= 0.3 is 78.4 Å². The average molecular weight is 260 g/mol. The van der Waals surface area contributed by atoms with Crippen LogP contribution >= 0.6 is 0 Å². The molecule has 1 aromatic rings. The van der Waals surface area contributed by atoms with Gasteiger partial charge in [0.1, 0.15) is 0 Å². The molecule has 0 heterocycles. The van der Waals surface area contributed by atoms with Crippen LogP contribution in [-0.4, -0.2) is 20.9 Å². The Bertz CT molecular complexity index is 223. The molecule has 1 aromatic carbocycles. The van der Waals surface area contributed by atoms with Crippen molar-refractivity contribution < 1.29 is 0 Å². The van der Waals surface area contributed by atoms with E-state index in [0.29, 0.717) is 0 Å². The normalized spacial score (nSPS) is 9.55. The topological polar surface area (TPSA) is 0 Å². The van der Waals surface area contributed by atoms with E-state index in [-0.39, 0.29) is 20.9 Å². The summed E-state index contributed by atoms with van der Waals surface area (Å²) < 4.78 is 1.31. The molecule has 11 heavy (non-hydrogen) atoms. The summed E-state index contributed by atoms with van der Waals surface area (Å²) in [5, 5.41) is 0. The Hall–Kier alpha value is -0.250. The number of benzene rings is 1. The molecule has 0 aromatic heterocycles. The van der Waals surface area contributed by atoms with E-state index in [2.05, 4.69) is 35.8 Å². The second kappa shape index (κ2) is 4.59.